The van der Waals surface area contributed by atoms with Crippen molar-refractivity contribution in [3.63, 3.8) is 0 Å². The molecule has 0 atom stereocenters. The van der Waals surface area contributed by atoms with E-state index in [1.807, 2.05) is 13.8 Å². The van der Waals surface area contributed by atoms with E-state index in [9.17, 15) is 9.59 Å². The molecule has 0 saturated heterocycles. The van der Waals surface area contributed by atoms with Crippen molar-refractivity contribution in [3.05, 3.63) is 45.1 Å². The number of carbonyl (C=O) groups is 1. The number of aromatic amines is 1. The Bertz CT molecular complexity index is 672. The van der Waals surface area contributed by atoms with E-state index in [0.717, 1.165) is 0 Å². The average molecular weight is 276 g/mol. The molecule has 0 fully saturated rings. The molecular formula is C13H16N4O3. The molecule has 2 heterocycles. The number of H-pyrrole nitrogens is 1. The molecule has 2 aromatic heterocycles. The third-order valence-electron chi connectivity index (χ3n) is 2.93. The van der Waals surface area contributed by atoms with E-state index < -0.39 is 0 Å². The number of hydrogen-bond acceptors (Lipinski definition) is 5. The van der Waals surface area contributed by atoms with Gasteiger partial charge in [0.1, 0.15) is 11.4 Å². The van der Waals surface area contributed by atoms with Gasteiger partial charge in [0.25, 0.3) is 5.91 Å². The zero-order chi connectivity index (χ0) is 14.7. The lowest BCUT2D eigenvalue weighted by Gasteiger charge is -2.11. The predicted octanol–water partition coefficient (Wildman–Crippen LogP) is 1.12. The first kappa shape index (κ1) is 14.0. The van der Waals surface area contributed by atoms with Crippen molar-refractivity contribution in [1.82, 2.24) is 20.6 Å². The maximum absolute atomic E-state index is 12.2. The molecule has 7 heteroatoms. The number of pyridine rings is 1. The molecule has 20 heavy (non-hydrogen) atoms. The van der Waals surface area contributed by atoms with Crippen molar-refractivity contribution in [2.24, 2.45) is 0 Å². The lowest BCUT2D eigenvalue weighted by molar-refractivity contribution is 0.0948. The Kier molecular flexibility index (Phi) is 3.97. The topological polar surface area (TPSA) is 101 Å². The predicted molar refractivity (Wildman–Crippen MR) is 71.4 cm³/mol. The molecule has 2 N–H and O–H groups in total. The van der Waals surface area contributed by atoms with Gasteiger partial charge in [-0.1, -0.05) is 24.2 Å². The molecule has 0 aliphatic carbocycles. The Labute approximate surface area is 115 Å². The van der Waals surface area contributed by atoms with Crippen LogP contribution in [-0.4, -0.2) is 21.2 Å². The summed E-state index contributed by atoms with van der Waals surface area (Å²) in [6, 6.07) is 2.86. The van der Waals surface area contributed by atoms with Crippen molar-refractivity contribution in [1.29, 1.82) is 0 Å². The van der Waals surface area contributed by atoms with Crippen LogP contribution in [0.4, 0.5) is 0 Å². The number of nitrogens with zero attached hydrogens (tertiary/aromatic N) is 2. The summed E-state index contributed by atoms with van der Waals surface area (Å²) in [5, 5.41) is 10.1. The van der Waals surface area contributed by atoms with Gasteiger partial charge < -0.3 is 10.3 Å². The summed E-state index contributed by atoms with van der Waals surface area (Å²) in [5.41, 5.74) is 2.06. The van der Waals surface area contributed by atoms with Crippen LogP contribution in [0.5, 0.6) is 0 Å². The van der Waals surface area contributed by atoms with Gasteiger partial charge in [0.2, 0.25) is 5.56 Å². The summed E-state index contributed by atoms with van der Waals surface area (Å²) in [5.74, 6) is -0.229. The van der Waals surface area contributed by atoms with Crippen LogP contribution < -0.4 is 10.9 Å². The third-order valence-corrected chi connectivity index (χ3v) is 2.93. The lowest BCUT2D eigenvalue weighted by atomic mass is 10.0. The number of rotatable bonds is 4. The monoisotopic (exact) mass is 276 g/mol. The van der Waals surface area contributed by atoms with Crippen LogP contribution in [0.3, 0.4) is 0 Å². The first-order valence-electron chi connectivity index (χ1n) is 6.28. The Hall–Kier alpha value is -2.44. The maximum atomic E-state index is 12.2. The van der Waals surface area contributed by atoms with Crippen LogP contribution in [0.25, 0.3) is 0 Å². The van der Waals surface area contributed by atoms with Crippen molar-refractivity contribution in [2.75, 3.05) is 0 Å². The first-order valence-corrected chi connectivity index (χ1v) is 6.28. The quantitative estimate of drug-likeness (QED) is 0.871. The van der Waals surface area contributed by atoms with E-state index in [4.69, 9.17) is 0 Å². The van der Waals surface area contributed by atoms with Gasteiger partial charge >= 0.3 is 0 Å². The fraction of sp³-hybridized carbons (Fsp3) is 0.385. The van der Waals surface area contributed by atoms with Crippen LogP contribution in [0, 0.1) is 6.92 Å². The molecular weight excluding hydrogens is 260 g/mol. The molecule has 1 amide bonds. The summed E-state index contributed by atoms with van der Waals surface area (Å²) in [6.07, 6.45) is 0. The molecule has 2 rings (SSSR count). The standard InChI is InChI=1S/C13H16N4O3/c1-7(2)12-9(4-5-11(18)15-12)13(19)14-6-10-8(3)16-20-17-10/h4-5,7H,6H2,1-3H3,(H,14,19)(H,15,18). The normalized spacial score (nSPS) is 10.8. The second kappa shape index (κ2) is 5.68. The van der Waals surface area contributed by atoms with E-state index in [2.05, 4.69) is 25.2 Å². The van der Waals surface area contributed by atoms with Gasteiger partial charge in [-0.25, -0.2) is 4.63 Å². The maximum Gasteiger partial charge on any atom is 0.253 e. The van der Waals surface area contributed by atoms with Gasteiger partial charge in [0.05, 0.1) is 12.1 Å². The molecule has 0 saturated carbocycles. The SMILES string of the molecule is Cc1nonc1CNC(=O)c1ccc(=O)[nH]c1C(C)C. The summed E-state index contributed by atoms with van der Waals surface area (Å²) in [6.45, 7) is 5.80. The fourth-order valence-corrected chi connectivity index (χ4v) is 1.81. The highest BCUT2D eigenvalue weighted by atomic mass is 16.6. The van der Waals surface area contributed by atoms with Gasteiger partial charge in [0.15, 0.2) is 0 Å². The van der Waals surface area contributed by atoms with Crippen LogP contribution in [0.2, 0.25) is 0 Å². The molecule has 0 radical (unpaired) electrons. The van der Waals surface area contributed by atoms with Crippen LogP contribution in [0.15, 0.2) is 21.6 Å². The zero-order valence-electron chi connectivity index (χ0n) is 11.6. The lowest BCUT2D eigenvalue weighted by Crippen LogP contribution is -2.26. The number of carbonyl (C=O) groups excluding carboxylic acids is 1. The fourth-order valence-electron chi connectivity index (χ4n) is 1.81. The summed E-state index contributed by atoms with van der Waals surface area (Å²) in [4.78, 5) is 26.2. The minimum atomic E-state index is -0.271. The summed E-state index contributed by atoms with van der Waals surface area (Å²) < 4.78 is 4.56. The summed E-state index contributed by atoms with van der Waals surface area (Å²) >= 11 is 0. The Morgan fingerprint density at radius 2 is 2.15 bits per heavy atom. The smallest absolute Gasteiger partial charge is 0.253 e. The second-order valence-corrected chi connectivity index (χ2v) is 4.78. The average Bonchev–Trinajstić information content (AvgIpc) is 2.81. The van der Waals surface area contributed by atoms with Gasteiger partial charge in [0, 0.05) is 11.8 Å². The van der Waals surface area contributed by atoms with Crippen molar-refractivity contribution >= 4 is 5.91 Å². The summed E-state index contributed by atoms with van der Waals surface area (Å²) in [7, 11) is 0. The van der Waals surface area contributed by atoms with Gasteiger partial charge in [-0.2, -0.15) is 0 Å². The van der Waals surface area contributed by atoms with Crippen LogP contribution in [-0.2, 0) is 6.54 Å². The number of aromatic nitrogens is 3. The van der Waals surface area contributed by atoms with Gasteiger partial charge in [-0.15, -0.1) is 0 Å². The van der Waals surface area contributed by atoms with Crippen LogP contribution >= 0.6 is 0 Å². The van der Waals surface area contributed by atoms with E-state index >= 15 is 0 Å². The minimum Gasteiger partial charge on any atom is -0.346 e. The molecule has 7 nitrogen and oxygen atoms in total. The Morgan fingerprint density at radius 3 is 2.75 bits per heavy atom. The molecule has 2 aromatic rings. The van der Waals surface area contributed by atoms with E-state index in [-0.39, 0.29) is 23.9 Å². The van der Waals surface area contributed by atoms with Crippen molar-refractivity contribution in [2.45, 2.75) is 33.2 Å². The molecule has 0 unspecified atom stereocenters. The zero-order valence-corrected chi connectivity index (χ0v) is 11.6. The number of nitrogens with one attached hydrogen (secondary N) is 2. The molecule has 106 valence electrons. The van der Waals surface area contributed by atoms with Crippen LogP contribution in [0.1, 0.15) is 47.2 Å². The van der Waals surface area contributed by atoms with E-state index in [0.29, 0.717) is 22.6 Å². The Balaban J connectivity index is 2.17. The molecule has 0 aromatic carbocycles. The van der Waals surface area contributed by atoms with Crippen molar-refractivity contribution in [3.8, 4) is 0 Å². The number of amides is 1. The van der Waals surface area contributed by atoms with Gasteiger partial charge in [-0.05, 0) is 18.9 Å². The first-order chi connectivity index (χ1) is 9.49. The minimum absolute atomic E-state index is 0.0418. The highest BCUT2D eigenvalue weighted by molar-refractivity contribution is 5.95. The highest BCUT2D eigenvalue weighted by Crippen LogP contribution is 2.15. The molecule has 0 aliphatic rings. The molecule has 0 bridgehead atoms. The number of aryl methyl sites for hydroxylation is 1. The largest absolute Gasteiger partial charge is 0.346 e. The van der Waals surface area contributed by atoms with E-state index in [1.54, 1.807) is 6.92 Å². The third kappa shape index (κ3) is 2.93. The molecule has 0 aliphatic heterocycles. The highest BCUT2D eigenvalue weighted by Gasteiger charge is 2.15. The molecule has 0 spiro atoms. The van der Waals surface area contributed by atoms with E-state index in [1.165, 1.54) is 12.1 Å². The van der Waals surface area contributed by atoms with Crippen molar-refractivity contribution < 1.29 is 9.42 Å². The van der Waals surface area contributed by atoms with Gasteiger partial charge in [-0.3, -0.25) is 9.59 Å². The Morgan fingerprint density at radius 1 is 1.40 bits per heavy atom. The number of hydrogen-bond donors (Lipinski definition) is 2. The second-order valence-electron chi connectivity index (χ2n) is 4.78.